The van der Waals surface area contributed by atoms with Gasteiger partial charge in [0.15, 0.2) is 0 Å². The molecule has 7 heteroatoms. The highest BCUT2D eigenvalue weighted by molar-refractivity contribution is 7.89. The molecule has 0 saturated heterocycles. The van der Waals surface area contributed by atoms with Gasteiger partial charge in [-0.25, -0.2) is 13.1 Å². The maximum absolute atomic E-state index is 12.3. The standard InChI is InChI=1S/C18H22N2O4S/c1-3-24-17-8-4-15(5-9-17)12-13-19-25(22,23)18-10-6-16(7-11-18)20-14(2)21/h4-11,19H,3,12-13H2,1-2H3,(H,20,21). The topological polar surface area (TPSA) is 84.5 Å². The highest BCUT2D eigenvalue weighted by Crippen LogP contribution is 2.15. The van der Waals surface area contributed by atoms with Crippen molar-refractivity contribution in [1.29, 1.82) is 0 Å². The monoisotopic (exact) mass is 362 g/mol. The summed E-state index contributed by atoms with van der Waals surface area (Å²) < 4.78 is 32.5. The van der Waals surface area contributed by atoms with Crippen molar-refractivity contribution in [2.45, 2.75) is 25.2 Å². The fourth-order valence-electron chi connectivity index (χ4n) is 2.25. The quantitative estimate of drug-likeness (QED) is 0.756. The number of benzene rings is 2. The van der Waals surface area contributed by atoms with Crippen LogP contribution in [0.25, 0.3) is 0 Å². The highest BCUT2D eigenvalue weighted by atomic mass is 32.2. The van der Waals surface area contributed by atoms with Crippen LogP contribution in [0.15, 0.2) is 53.4 Å². The van der Waals surface area contributed by atoms with Gasteiger partial charge in [0.25, 0.3) is 0 Å². The van der Waals surface area contributed by atoms with E-state index in [9.17, 15) is 13.2 Å². The van der Waals surface area contributed by atoms with Crippen LogP contribution in [0.4, 0.5) is 5.69 Å². The van der Waals surface area contributed by atoms with Gasteiger partial charge in [-0.1, -0.05) is 12.1 Å². The highest BCUT2D eigenvalue weighted by Gasteiger charge is 2.13. The number of carbonyl (C=O) groups excluding carboxylic acids is 1. The number of hydrogen-bond donors (Lipinski definition) is 2. The second kappa shape index (κ2) is 8.64. The molecule has 0 heterocycles. The van der Waals surface area contributed by atoms with E-state index in [2.05, 4.69) is 10.0 Å². The lowest BCUT2D eigenvalue weighted by molar-refractivity contribution is -0.114. The summed E-state index contributed by atoms with van der Waals surface area (Å²) in [5, 5.41) is 2.60. The van der Waals surface area contributed by atoms with E-state index in [0.29, 0.717) is 25.3 Å². The molecule has 0 saturated carbocycles. The summed E-state index contributed by atoms with van der Waals surface area (Å²) >= 11 is 0. The molecule has 2 aromatic rings. The normalized spacial score (nSPS) is 11.1. The number of amides is 1. The molecule has 0 unspecified atom stereocenters. The Morgan fingerprint density at radius 2 is 1.68 bits per heavy atom. The molecule has 1 amide bonds. The summed E-state index contributed by atoms with van der Waals surface area (Å²) in [5.74, 6) is 0.593. The smallest absolute Gasteiger partial charge is 0.240 e. The zero-order valence-electron chi connectivity index (χ0n) is 14.3. The second-order valence-corrected chi connectivity index (χ2v) is 7.20. The van der Waals surface area contributed by atoms with Gasteiger partial charge in [-0.05, 0) is 55.3 Å². The lowest BCUT2D eigenvalue weighted by Crippen LogP contribution is -2.26. The third kappa shape index (κ3) is 5.88. The van der Waals surface area contributed by atoms with E-state index in [1.165, 1.54) is 19.1 Å². The number of hydrogen-bond acceptors (Lipinski definition) is 4. The minimum Gasteiger partial charge on any atom is -0.494 e. The van der Waals surface area contributed by atoms with Gasteiger partial charge in [-0.15, -0.1) is 0 Å². The van der Waals surface area contributed by atoms with Crippen LogP contribution in [0.2, 0.25) is 0 Å². The van der Waals surface area contributed by atoms with Crippen molar-refractivity contribution in [2.75, 3.05) is 18.5 Å². The minimum atomic E-state index is -3.58. The van der Waals surface area contributed by atoms with Crippen LogP contribution in [0.3, 0.4) is 0 Å². The Bertz CT molecular complexity index is 800. The van der Waals surface area contributed by atoms with Crippen LogP contribution in [-0.4, -0.2) is 27.5 Å². The predicted molar refractivity (Wildman–Crippen MR) is 97.2 cm³/mol. The Labute approximate surface area is 148 Å². The van der Waals surface area contributed by atoms with Gasteiger partial charge in [-0.2, -0.15) is 0 Å². The minimum absolute atomic E-state index is 0.160. The molecule has 0 aliphatic rings. The zero-order chi connectivity index (χ0) is 18.3. The van der Waals surface area contributed by atoms with E-state index in [0.717, 1.165) is 11.3 Å². The van der Waals surface area contributed by atoms with Crippen LogP contribution < -0.4 is 14.8 Å². The molecule has 0 fully saturated rings. The van der Waals surface area contributed by atoms with E-state index < -0.39 is 10.0 Å². The van der Waals surface area contributed by atoms with Crippen LogP contribution >= 0.6 is 0 Å². The number of nitrogens with one attached hydrogen (secondary N) is 2. The number of rotatable bonds is 8. The van der Waals surface area contributed by atoms with Crippen molar-refractivity contribution in [3.63, 3.8) is 0 Å². The molecule has 0 bridgehead atoms. The molecule has 2 aromatic carbocycles. The first-order valence-electron chi connectivity index (χ1n) is 8.00. The molecule has 0 aliphatic heterocycles. The molecule has 0 radical (unpaired) electrons. The molecule has 0 atom stereocenters. The van der Waals surface area contributed by atoms with Gasteiger partial charge < -0.3 is 10.1 Å². The number of ether oxygens (including phenoxy) is 1. The van der Waals surface area contributed by atoms with Crippen molar-refractivity contribution < 1.29 is 17.9 Å². The third-order valence-electron chi connectivity index (χ3n) is 3.43. The number of sulfonamides is 1. The summed E-state index contributed by atoms with van der Waals surface area (Å²) in [4.78, 5) is 11.1. The largest absolute Gasteiger partial charge is 0.494 e. The van der Waals surface area contributed by atoms with E-state index in [-0.39, 0.29) is 10.8 Å². The first-order valence-corrected chi connectivity index (χ1v) is 9.48. The Kier molecular flexibility index (Phi) is 6.55. The molecular weight excluding hydrogens is 340 g/mol. The van der Waals surface area contributed by atoms with E-state index >= 15 is 0 Å². The molecular formula is C18H22N2O4S. The predicted octanol–water partition coefficient (Wildman–Crippen LogP) is 2.56. The average molecular weight is 362 g/mol. The molecule has 0 aliphatic carbocycles. The summed E-state index contributed by atoms with van der Waals surface area (Å²) in [6.07, 6.45) is 0.579. The van der Waals surface area contributed by atoms with Crippen LogP contribution in [0.1, 0.15) is 19.4 Å². The Hall–Kier alpha value is -2.38. The van der Waals surface area contributed by atoms with E-state index in [4.69, 9.17) is 4.74 Å². The lowest BCUT2D eigenvalue weighted by atomic mass is 10.1. The first kappa shape index (κ1) is 19.0. The lowest BCUT2D eigenvalue weighted by Gasteiger charge is -2.09. The zero-order valence-corrected chi connectivity index (χ0v) is 15.1. The van der Waals surface area contributed by atoms with Crippen molar-refractivity contribution in [1.82, 2.24) is 4.72 Å². The second-order valence-electron chi connectivity index (χ2n) is 5.43. The molecule has 0 aromatic heterocycles. The first-order chi connectivity index (χ1) is 11.9. The van der Waals surface area contributed by atoms with E-state index in [1.807, 2.05) is 31.2 Å². The Morgan fingerprint density at radius 1 is 1.04 bits per heavy atom. The van der Waals surface area contributed by atoms with Gasteiger partial charge in [-0.3, -0.25) is 4.79 Å². The van der Waals surface area contributed by atoms with E-state index in [1.54, 1.807) is 12.1 Å². The van der Waals surface area contributed by atoms with Gasteiger partial charge in [0, 0.05) is 19.2 Å². The average Bonchev–Trinajstić information content (AvgIpc) is 2.56. The van der Waals surface area contributed by atoms with Gasteiger partial charge in [0.05, 0.1) is 11.5 Å². The molecule has 0 spiro atoms. The molecule has 25 heavy (non-hydrogen) atoms. The summed E-state index contributed by atoms with van der Waals surface area (Å²) in [7, 11) is -3.58. The SMILES string of the molecule is CCOc1ccc(CCNS(=O)(=O)c2ccc(NC(C)=O)cc2)cc1. The fraction of sp³-hybridized carbons (Fsp3) is 0.278. The van der Waals surface area contributed by atoms with Crippen LogP contribution in [0, 0.1) is 0 Å². The molecule has 6 nitrogen and oxygen atoms in total. The van der Waals surface area contributed by atoms with Crippen molar-refractivity contribution in [2.24, 2.45) is 0 Å². The molecule has 2 rings (SSSR count). The number of carbonyl (C=O) groups is 1. The summed E-state index contributed by atoms with van der Waals surface area (Å²) in [5.41, 5.74) is 1.58. The Balaban J connectivity index is 1.91. The van der Waals surface area contributed by atoms with Gasteiger partial charge in [0.2, 0.25) is 15.9 Å². The van der Waals surface area contributed by atoms with Crippen molar-refractivity contribution in [3.8, 4) is 5.75 Å². The maximum atomic E-state index is 12.3. The van der Waals surface area contributed by atoms with Crippen molar-refractivity contribution >= 4 is 21.6 Å². The molecule has 134 valence electrons. The molecule has 2 N–H and O–H groups in total. The van der Waals surface area contributed by atoms with Crippen LogP contribution in [-0.2, 0) is 21.2 Å². The van der Waals surface area contributed by atoms with Crippen molar-refractivity contribution in [3.05, 3.63) is 54.1 Å². The van der Waals surface area contributed by atoms with Gasteiger partial charge in [0.1, 0.15) is 5.75 Å². The summed E-state index contributed by atoms with van der Waals surface area (Å²) in [6, 6.07) is 13.6. The Morgan fingerprint density at radius 3 is 2.24 bits per heavy atom. The fourth-order valence-corrected chi connectivity index (χ4v) is 3.28. The van der Waals surface area contributed by atoms with Gasteiger partial charge >= 0.3 is 0 Å². The summed E-state index contributed by atoms with van der Waals surface area (Å²) in [6.45, 7) is 4.22. The number of anilines is 1. The maximum Gasteiger partial charge on any atom is 0.240 e. The van der Waals surface area contributed by atoms with Crippen LogP contribution in [0.5, 0.6) is 5.75 Å². The third-order valence-corrected chi connectivity index (χ3v) is 4.90.